The smallest absolute Gasteiger partial charge is 0.277 e. The average molecular weight is 301 g/mol. The highest BCUT2D eigenvalue weighted by molar-refractivity contribution is 7.92. The van der Waals surface area contributed by atoms with Crippen LogP contribution in [0.1, 0.15) is 5.56 Å². The first-order valence-electron chi connectivity index (χ1n) is 5.30. The van der Waals surface area contributed by atoms with Crippen LogP contribution in [-0.4, -0.2) is 13.4 Å². The lowest BCUT2D eigenvalue weighted by atomic mass is 10.2. The van der Waals surface area contributed by atoms with Crippen molar-refractivity contribution in [1.29, 1.82) is 0 Å². The molecule has 0 unspecified atom stereocenters. The number of nitrogens with one attached hydrogen (secondary N) is 1. The first-order chi connectivity index (χ1) is 8.92. The lowest BCUT2D eigenvalue weighted by molar-refractivity contribution is 0.557. The van der Waals surface area contributed by atoms with Crippen molar-refractivity contribution in [3.63, 3.8) is 0 Å². The van der Waals surface area contributed by atoms with Crippen molar-refractivity contribution in [2.24, 2.45) is 0 Å². The number of pyridine rings is 1. The zero-order valence-electron chi connectivity index (χ0n) is 9.89. The molecular weight excluding hydrogens is 291 g/mol. The predicted molar refractivity (Wildman–Crippen MR) is 71.2 cm³/mol. The monoisotopic (exact) mass is 300 g/mol. The van der Waals surface area contributed by atoms with Crippen LogP contribution in [0.4, 0.5) is 10.1 Å². The summed E-state index contributed by atoms with van der Waals surface area (Å²) in [4.78, 5) is 3.53. The summed E-state index contributed by atoms with van der Waals surface area (Å²) in [5, 5.41) is -0.394. The van der Waals surface area contributed by atoms with Gasteiger partial charge in [-0.1, -0.05) is 23.7 Å². The molecule has 1 heterocycles. The highest BCUT2D eigenvalue weighted by Crippen LogP contribution is 2.27. The molecule has 19 heavy (non-hydrogen) atoms. The van der Waals surface area contributed by atoms with Crippen LogP contribution < -0.4 is 4.72 Å². The summed E-state index contributed by atoms with van der Waals surface area (Å²) in [6.45, 7) is 1.74. The van der Waals surface area contributed by atoms with E-state index in [0.29, 0.717) is 5.56 Å². The molecule has 0 aliphatic carbocycles. The van der Waals surface area contributed by atoms with Crippen molar-refractivity contribution in [3.05, 3.63) is 52.9 Å². The van der Waals surface area contributed by atoms with E-state index in [-0.39, 0.29) is 10.7 Å². The quantitative estimate of drug-likeness (QED) is 0.948. The minimum absolute atomic E-state index is 0.187. The Morgan fingerprint density at radius 2 is 2.00 bits per heavy atom. The molecule has 100 valence electrons. The molecule has 0 spiro atoms. The number of halogens is 2. The van der Waals surface area contributed by atoms with Gasteiger partial charge in [0.1, 0.15) is 0 Å². The Morgan fingerprint density at radius 1 is 1.26 bits per heavy atom. The Hall–Kier alpha value is -1.66. The van der Waals surface area contributed by atoms with Crippen LogP contribution in [0.15, 0.2) is 41.6 Å². The number of benzene rings is 1. The molecule has 0 radical (unpaired) electrons. The molecule has 1 aromatic heterocycles. The Morgan fingerprint density at radius 3 is 2.68 bits per heavy atom. The summed E-state index contributed by atoms with van der Waals surface area (Å²) < 4.78 is 39.7. The van der Waals surface area contributed by atoms with E-state index in [9.17, 15) is 12.8 Å². The first-order valence-corrected chi connectivity index (χ1v) is 7.16. The highest BCUT2D eigenvalue weighted by Gasteiger charge is 2.21. The number of sulfonamides is 1. The summed E-state index contributed by atoms with van der Waals surface area (Å²) in [5.74, 6) is -0.918. The van der Waals surface area contributed by atoms with E-state index in [1.807, 2.05) is 0 Å². The van der Waals surface area contributed by atoms with Crippen LogP contribution in [0, 0.1) is 12.7 Å². The number of hydrogen-bond acceptors (Lipinski definition) is 3. The van der Waals surface area contributed by atoms with E-state index in [2.05, 4.69) is 9.71 Å². The third-order valence-corrected chi connectivity index (χ3v) is 4.22. The Labute approximate surface area is 115 Å². The molecule has 7 heteroatoms. The van der Waals surface area contributed by atoms with Crippen molar-refractivity contribution in [3.8, 4) is 0 Å². The zero-order valence-corrected chi connectivity index (χ0v) is 11.5. The summed E-state index contributed by atoms with van der Waals surface area (Å²) >= 11 is 5.99. The van der Waals surface area contributed by atoms with Gasteiger partial charge in [0.2, 0.25) is 5.03 Å². The second kappa shape index (κ2) is 5.14. The molecule has 0 amide bonds. The Balaban J connectivity index is 2.43. The summed E-state index contributed by atoms with van der Waals surface area (Å²) in [6.07, 6.45) is 1.20. The third-order valence-electron chi connectivity index (χ3n) is 2.42. The second-order valence-electron chi connectivity index (χ2n) is 3.83. The van der Waals surface area contributed by atoms with Gasteiger partial charge >= 0.3 is 0 Å². The van der Waals surface area contributed by atoms with E-state index in [1.54, 1.807) is 19.1 Å². The van der Waals surface area contributed by atoms with Gasteiger partial charge < -0.3 is 0 Å². The molecule has 4 nitrogen and oxygen atoms in total. The number of anilines is 1. The molecule has 1 aromatic carbocycles. The molecule has 2 aromatic rings. The largest absolute Gasteiger partial charge is 0.282 e. The van der Waals surface area contributed by atoms with Crippen molar-refractivity contribution in [1.82, 2.24) is 4.98 Å². The maximum absolute atomic E-state index is 13.5. The Bertz CT molecular complexity index is 719. The van der Waals surface area contributed by atoms with Gasteiger partial charge in [-0.15, -0.1) is 0 Å². The molecule has 0 aliphatic rings. The van der Waals surface area contributed by atoms with Crippen LogP contribution in [0.3, 0.4) is 0 Å². The van der Waals surface area contributed by atoms with Crippen molar-refractivity contribution < 1.29 is 12.8 Å². The predicted octanol–water partition coefficient (Wildman–Crippen LogP) is 2.98. The topological polar surface area (TPSA) is 59.1 Å². The molecule has 0 fully saturated rings. The zero-order chi connectivity index (χ0) is 14.0. The normalized spacial score (nSPS) is 11.3. The van der Waals surface area contributed by atoms with Crippen molar-refractivity contribution in [2.45, 2.75) is 11.9 Å². The van der Waals surface area contributed by atoms with E-state index in [4.69, 9.17) is 11.6 Å². The fourth-order valence-electron chi connectivity index (χ4n) is 1.49. The van der Waals surface area contributed by atoms with Crippen LogP contribution >= 0.6 is 11.6 Å². The van der Waals surface area contributed by atoms with Gasteiger partial charge in [-0.3, -0.25) is 4.72 Å². The van der Waals surface area contributed by atoms with Gasteiger partial charge in [0.05, 0.1) is 10.7 Å². The lowest BCUT2D eigenvalue weighted by Gasteiger charge is -2.10. The molecule has 0 atom stereocenters. The van der Waals surface area contributed by atoms with E-state index < -0.39 is 20.9 Å². The number of hydrogen-bond donors (Lipinski definition) is 1. The lowest BCUT2D eigenvalue weighted by Crippen LogP contribution is -2.16. The minimum Gasteiger partial charge on any atom is -0.277 e. The minimum atomic E-state index is -4.10. The maximum atomic E-state index is 13.5. The first kappa shape index (κ1) is 13.8. The van der Waals surface area contributed by atoms with Gasteiger partial charge in [-0.25, -0.2) is 9.37 Å². The third kappa shape index (κ3) is 2.85. The number of rotatable bonds is 3. The second-order valence-corrected chi connectivity index (χ2v) is 5.81. The summed E-state index contributed by atoms with van der Waals surface area (Å²) in [7, 11) is -4.10. The van der Waals surface area contributed by atoms with Gasteiger partial charge in [0, 0.05) is 6.20 Å². The van der Waals surface area contributed by atoms with Crippen LogP contribution in [0.5, 0.6) is 0 Å². The molecule has 0 saturated carbocycles. The van der Waals surface area contributed by atoms with Crippen LogP contribution in [0.25, 0.3) is 0 Å². The van der Waals surface area contributed by atoms with Crippen molar-refractivity contribution >= 4 is 27.3 Å². The van der Waals surface area contributed by atoms with Gasteiger partial charge in [0.25, 0.3) is 10.0 Å². The summed E-state index contributed by atoms with van der Waals surface area (Å²) in [5.41, 5.74) is 0.898. The Kier molecular flexibility index (Phi) is 3.73. The SMILES string of the molecule is Cc1cccc(NS(=O)(=O)c2ncccc2F)c1Cl. The number of aryl methyl sites for hydroxylation is 1. The maximum Gasteiger partial charge on any atom is 0.282 e. The summed E-state index contributed by atoms with van der Waals surface area (Å²) in [6, 6.07) is 7.22. The molecular formula is C12H10ClFN2O2S. The molecule has 0 aliphatic heterocycles. The van der Waals surface area contributed by atoms with E-state index in [0.717, 1.165) is 6.07 Å². The fraction of sp³-hybridized carbons (Fsp3) is 0.0833. The average Bonchev–Trinajstić information content (AvgIpc) is 2.35. The van der Waals surface area contributed by atoms with Gasteiger partial charge in [-0.05, 0) is 30.7 Å². The van der Waals surface area contributed by atoms with Crippen LogP contribution in [-0.2, 0) is 10.0 Å². The molecule has 0 saturated heterocycles. The van der Waals surface area contributed by atoms with Gasteiger partial charge in [-0.2, -0.15) is 8.42 Å². The molecule has 2 rings (SSSR count). The molecule has 0 bridgehead atoms. The van der Waals surface area contributed by atoms with E-state index >= 15 is 0 Å². The van der Waals surface area contributed by atoms with Crippen LogP contribution in [0.2, 0.25) is 5.02 Å². The number of nitrogens with zero attached hydrogens (tertiary/aromatic N) is 1. The fourth-order valence-corrected chi connectivity index (χ4v) is 2.80. The van der Waals surface area contributed by atoms with Crippen molar-refractivity contribution in [2.75, 3.05) is 4.72 Å². The van der Waals surface area contributed by atoms with Gasteiger partial charge in [0.15, 0.2) is 5.82 Å². The highest BCUT2D eigenvalue weighted by atomic mass is 35.5. The standard InChI is InChI=1S/C12H10ClFN2O2S/c1-8-4-2-6-10(11(8)13)16-19(17,18)12-9(14)5-3-7-15-12/h2-7,16H,1H3. The number of aromatic nitrogens is 1. The molecule has 1 N–H and O–H groups in total. The van der Waals surface area contributed by atoms with E-state index in [1.165, 1.54) is 18.3 Å².